The molecule has 0 radical (unpaired) electrons. The van der Waals surface area contributed by atoms with Gasteiger partial charge in [0.1, 0.15) is 16.7 Å². The van der Waals surface area contributed by atoms with Crippen molar-refractivity contribution in [2.45, 2.75) is 34.1 Å². The zero-order valence-corrected chi connectivity index (χ0v) is 18.9. The van der Waals surface area contributed by atoms with Crippen LogP contribution >= 0.6 is 34.9 Å². The minimum absolute atomic E-state index is 0.485. The summed E-state index contributed by atoms with van der Waals surface area (Å²) in [4.78, 5) is 13.8. The fourth-order valence-electron chi connectivity index (χ4n) is 2.76. The predicted octanol–water partition coefficient (Wildman–Crippen LogP) is 6.53. The van der Waals surface area contributed by atoms with Crippen LogP contribution in [0.4, 0.5) is 0 Å². The number of benzene rings is 2. The molecule has 2 aromatic carbocycles. The van der Waals surface area contributed by atoms with Crippen molar-refractivity contribution in [1.82, 2.24) is 15.0 Å². The van der Waals surface area contributed by atoms with E-state index in [1.165, 1.54) is 34.2 Å². The van der Waals surface area contributed by atoms with Gasteiger partial charge in [0.15, 0.2) is 9.50 Å². The molecule has 2 heterocycles. The number of thioether (sulfide) groups is 1. The van der Waals surface area contributed by atoms with Gasteiger partial charge in [-0.2, -0.15) is 5.26 Å². The Balaban J connectivity index is 1.73. The first-order valence-electron chi connectivity index (χ1n) is 9.27. The van der Waals surface area contributed by atoms with Crippen LogP contribution in [0.5, 0.6) is 0 Å². The van der Waals surface area contributed by atoms with Crippen LogP contribution in [0, 0.1) is 25.2 Å². The maximum Gasteiger partial charge on any atom is 0.189 e. The Hall–Kier alpha value is -2.66. The summed E-state index contributed by atoms with van der Waals surface area (Å²) in [6.07, 6.45) is 1.76. The number of aromatic nitrogens is 3. The second kappa shape index (κ2) is 9.43. The zero-order valence-electron chi connectivity index (χ0n) is 16.5. The molecular weight excluding hydrogens is 428 g/mol. The average molecular weight is 447 g/mol. The third kappa shape index (κ3) is 4.90. The maximum absolute atomic E-state index is 9.90. The summed E-state index contributed by atoms with van der Waals surface area (Å²) in [6, 6.07) is 18.9. The summed E-state index contributed by atoms with van der Waals surface area (Å²) in [6.45, 7) is 4.12. The van der Waals surface area contributed by atoms with Crippen molar-refractivity contribution >= 4 is 34.9 Å². The molecule has 0 aliphatic heterocycles. The number of rotatable bonds is 6. The molecule has 4 rings (SSSR count). The lowest BCUT2D eigenvalue weighted by atomic mass is 10.1. The summed E-state index contributed by atoms with van der Waals surface area (Å²) in [5.74, 6) is 0.765. The van der Waals surface area contributed by atoms with Crippen molar-refractivity contribution < 1.29 is 0 Å². The van der Waals surface area contributed by atoms with E-state index in [1.807, 2.05) is 36.6 Å². The molecule has 4 aromatic rings. The van der Waals surface area contributed by atoms with E-state index < -0.39 is 0 Å². The molecule has 148 valence electrons. The number of aryl methyl sites for hydroxylation is 2. The molecule has 0 aliphatic rings. The van der Waals surface area contributed by atoms with Gasteiger partial charge in [-0.25, -0.2) is 15.0 Å². The molecule has 0 spiro atoms. The van der Waals surface area contributed by atoms with Crippen molar-refractivity contribution in [1.29, 1.82) is 5.26 Å². The molecule has 0 saturated heterocycles. The van der Waals surface area contributed by atoms with Crippen LogP contribution in [0.15, 0.2) is 74.6 Å². The largest absolute Gasteiger partial charge is 0.238 e. The number of hydrogen-bond donors (Lipinski definition) is 0. The van der Waals surface area contributed by atoms with E-state index in [0.717, 1.165) is 21.2 Å². The van der Waals surface area contributed by atoms with E-state index in [1.54, 1.807) is 18.0 Å². The van der Waals surface area contributed by atoms with Crippen molar-refractivity contribution in [2.24, 2.45) is 0 Å². The first-order chi connectivity index (χ1) is 14.6. The van der Waals surface area contributed by atoms with Gasteiger partial charge >= 0.3 is 0 Å². The van der Waals surface area contributed by atoms with Crippen LogP contribution in [-0.2, 0) is 5.75 Å². The third-order valence-corrected chi connectivity index (χ3v) is 7.17. The Morgan fingerprint density at radius 1 is 0.967 bits per heavy atom. The Labute approximate surface area is 188 Å². The van der Waals surface area contributed by atoms with E-state index in [4.69, 9.17) is 9.97 Å². The van der Waals surface area contributed by atoms with Gasteiger partial charge in [-0.1, -0.05) is 71.4 Å². The molecule has 0 bridgehead atoms. The van der Waals surface area contributed by atoms with Crippen LogP contribution in [0.25, 0.3) is 11.3 Å². The van der Waals surface area contributed by atoms with Crippen molar-refractivity contribution in [3.63, 3.8) is 0 Å². The SMILES string of the molecule is Cc1ccc(CSc2nc(Sc3nccs3)c(C#N)c(-c3ccc(C)cc3)n2)cc1. The van der Waals surface area contributed by atoms with Crippen LogP contribution in [0.1, 0.15) is 22.3 Å². The van der Waals surface area contributed by atoms with Gasteiger partial charge in [-0.05, 0) is 31.2 Å². The molecule has 30 heavy (non-hydrogen) atoms. The van der Waals surface area contributed by atoms with Crippen molar-refractivity contribution in [3.05, 3.63) is 82.4 Å². The number of hydrogen-bond acceptors (Lipinski definition) is 7. The molecule has 2 aromatic heterocycles. The van der Waals surface area contributed by atoms with E-state index >= 15 is 0 Å². The van der Waals surface area contributed by atoms with Crippen molar-refractivity contribution in [2.75, 3.05) is 0 Å². The fraction of sp³-hybridized carbons (Fsp3) is 0.130. The molecule has 7 heteroatoms. The van der Waals surface area contributed by atoms with Gasteiger partial charge < -0.3 is 0 Å². The van der Waals surface area contributed by atoms with Gasteiger partial charge in [0.2, 0.25) is 0 Å². The Morgan fingerprint density at radius 3 is 2.30 bits per heavy atom. The minimum Gasteiger partial charge on any atom is -0.238 e. The van der Waals surface area contributed by atoms with Crippen LogP contribution < -0.4 is 0 Å². The first kappa shape index (κ1) is 20.6. The summed E-state index contributed by atoms with van der Waals surface area (Å²) < 4.78 is 0.856. The van der Waals surface area contributed by atoms with Crippen LogP contribution in [-0.4, -0.2) is 15.0 Å². The minimum atomic E-state index is 0.485. The number of nitriles is 1. The van der Waals surface area contributed by atoms with Crippen LogP contribution in [0.3, 0.4) is 0 Å². The molecule has 0 aliphatic carbocycles. The molecule has 0 unspecified atom stereocenters. The van der Waals surface area contributed by atoms with E-state index in [2.05, 4.69) is 42.2 Å². The average Bonchev–Trinajstić information content (AvgIpc) is 3.27. The summed E-state index contributed by atoms with van der Waals surface area (Å²) >= 11 is 4.52. The fourth-order valence-corrected chi connectivity index (χ4v) is 5.22. The standard InChI is InChI=1S/C23H18N4S3/c1-15-3-7-17(8-4-15)14-29-22-26-20(18-9-5-16(2)6-10-18)19(13-24)21(27-22)30-23-25-11-12-28-23/h3-12H,14H2,1-2H3. The molecule has 0 fully saturated rings. The third-order valence-electron chi connectivity index (χ3n) is 4.37. The highest BCUT2D eigenvalue weighted by molar-refractivity contribution is 8.01. The topological polar surface area (TPSA) is 62.5 Å². The molecule has 0 amide bonds. The molecule has 4 nitrogen and oxygen atoms in total. The second-order valence-corrected chi connectivity index (χ2v) is 9.76. The van der Waals surface area contributed by atoms with Gasteiger partial charge in [-0.3, -0.25) is 0 Å². The smallest absolute Gasteiger partial charge is 0.189 e. The number of thiazole rings is 1. The predicted molar refractivity (Wildman–Crippen MR) is 124 cm³/mol. The normalized spacial score (nSPS) is 10.7. The molecule has 0 atom stereocenters. The highest BCUT2D eigenvalue weighted by Gasteiger charge is 2.18. The monoisotopic (exact) mass is 446 g/mol. The van der Waals surface area contributed by atoms with Gasteiger partial charge in [0.25, 0.3) is 0 Å². The van der Waals surface area contributed by atoms with Gasteiger partial charge in [0.05, 0.1) is 5.69 Å². The van der Waals surface area contributed by atoms with E-state index in [9.17, 15) is 5.26 Å². The first-order valence-corrected chi connectivity index (χ1v) is 12.0. The Morgan fingerprint density at radius 2 is 1.67 bits per heavy atom. The maximum atomic E-state index is 9.90. The lowest BCUT2D eigenvalue weighted by molar-refractivity contribution is 0.887. The Kier molecular flexibility index (Phi) is 6.48. The second-order valence-electron chi connectivity index (χ2n) is 6.69. The van der Waals surface area contributed by atoms with Crippen molar-refractivity contribution in [3.8, 4) is 17.3 Å². The van der Waals surface area contributed by atoms with E-state index in [0.29, 0.717) is 21.4 Å². The molecule has 0 saturated carbocycles. The van der Waals surface area contributed by atoms with E-state index in [-0.39, 0.29) is 0 Å². The lowest BCUT2D eigenvalue weighted by Gasteiger charge is -2.10. The molecular formula is C23H18N4S3. The number of nitrogens with zero attached hydrogens (tertiary/aromatic N) is 4. The Bertz CT molecular complexity index is 1180. The quantitative estimate of drug-likeness (QED) is 0.191. The zero-order chi connectivity index (χ0) is 20.9. The van der Waals surface area contributed by atoms with Crippen LogP contribution in [0.2, 0.25) is 0 Å². The molecule has 0 N–H and O–H groups in total. The highest BCUT2D eigenvalue weighted by atomic mass is 32.2. The highest BCUT2D eigenvalue weighted by Crippen LogP contribution is 2.36. The summed E-state index contributed by atoms with van der Waals surface area (Å²) in [5, 5.41) is 13.1. The van der Waals surface area contributed by atoms with Gasteiger partial charge in [0, 0.05) is 22.9 Å². The lowest BCUT2D eigenvalue weighted by Crippen LogP contribution is -1.99. The summed E-state index contributed by atoms with van der Waals surface area (Å²) in [7, 11) is 0. The van der Waals surface area contributed by atoms with Gasteiger partial charge in [-0.15, -0.1) is 11.3 Å². The summed E-state index contributed by atoms with van der Waals surface area (Å²) in [5.41, 5.74) is 5.68.